The number of aliphatic imine (C=N–C) groups is 1. The van der Waals surface area contributed by atoms with E-state index in [0.29, 0.717) is 0 Å². The first kappa shape index (κ1) is 8.82. The van der Waals surface area contributed by atoms with Crippen LogP contribution < -0.4 is 0 Å². The van der Waals surface area contributed by atoms with Crippen molar-refractivity contribution in [3.05, 3.63) is 30.3 Å². The fraction of sp³-hybridized carbons (Fsp3) is 0. The lowest BCUT2D eigenvalue weighted by Crippen LogP contribution is -1.59. The van der Waals surface area contributed by atoms with E-state index in [1.807, 2.05) is 30.3 Å². The van der Waals surface area contributed by atoms with E-state index in [1.165, 1.54) is 0 Å². The highest BCUT2D eigenvalue weighted by atomic mass is 36.0. The molecule has 0 spiro atoms. The molecule has 4 heteroatoms. The Kier molecular flexibility index (Phi) is 3.67. The van der Waals surface area contributed by atoms with E-state index in [1.54, 1.807) is 0 Å². The number of halogens is 2. The Labute approximate surface area is 76.6 Å². The quantitative estimate of drug-likeness (QED) is 0.489. The summed E-state index contributed by atoms with van der Waals surface area (Å²) in [6.45, 7) is 0. The van der Waals surface area contributed by atoms with Crippen molar-refractivity contribution >= 4 is 41.1 Å². The number of nitrogens with zero attached hydrogens (tertiary/aromatic N) is 1. The lowest BCUT2D eigenvalue weighted by molar-refractivity contribution is 1.55. The molecule has 1 aromatic rings. The number of hydrogen-bond donors (Lipinski definition) is 0. The molecule has 1 rings (SSSR count). The fourth-order valence-electron chi connectivity index (χ4n) is 0.590. The van der Waals surface area contributed by atoms with Gasteiger partial charge >= 0.3 is 0 Å². The molecular weight excluding hydrogens is 201 g/mol. The highest BCUT2D eigenvalue weighted by Gasteiger charge is 1.81. The molecule has 58 valence electrons. The van der Waals surface area contributed by atoms with Crippen LogP contribution in [0.1, 0.15) is 0 Å². The molecule has 0 aliphatic carbocycles. The van der Waals surface area contributed by atoms with Crippen LogP contribution in [0.3, 0.4) is 0 Å². The number of para-hydroxylation sites is 1. The Bertz CT molecular complexity index is 287. The summed E-state index contributed by atoms with van der Waals surface area (Å²) < 4.78 is 0. The smallest absolute Gasteiger partial charge is 0.0736 e. The molecule has 0 aliphatic rings. The molecular formula is C7H5Cl2NS. The monoisotopic (exact) mass is 205 g/mol. The van der Waals surface area contributed by atoms with Gasteiger partial charge in [-0.15, -0.1) is 0 Å². The summed E-state index contributed by atoms with van der Waals surface area (Å²) in [7, 11) is 9.94. The number of isothiocyanates is 1. The van der Waals surface area contributed by atoms with Gasteiger partial charge in [-0.3, -0.25) is 0 Å². The molecule has 1 aromatic carbocycles. The summed E-state index contributed by atoms with van der Waals surface area (Å²) in [5, 5.41) is 2.55. The average molecular weight is 206 g/mol. The molecule has 0 fully saturated rings. The molecule has 0 radical (unpaired) electrons. The molecule has 0 aliphatic heterocycles. The second kappa shape index (κ2) is 4.58. The topological polar surface area (TPSA) is 12.4 Å². The van der Waals surface area contributed by atoms with Crippen LogP contribution in [0, 0.1) is 0 Å². The van der Waals surface area contributed by atoms with Gasteiger partial charge in [-0.05, 0) is 33.5 Å². The van der Waals surface area contributed by atoms with Gasteiger partial charge in [0.05, 0.1) is 14.6 Å². The van der Waals surface area contributed by atoms with E-state index < -0.39 is 8.91 Å². The number of hydrogen-bond acceptors (Lipinski definition) is 1. The zero-order chi connectivity index (χ0) is 8.10. The number of benzene rings is 1. The van der Waals surface area contributed by atoms with Crippen molar-refractivity contribution in [1.82, 2.24) is 0 Å². The highest BCUT2D eigenvalue weighted by molar-refractivity contribution is 8.50. The summed E-state index contributed by atoms with van der Waals surface area (Å²) >= 11 is 0. The summed E-state index contributed by atoms with van der Waals surface area (Å²) in [5.74, 6) is 0. The van der Waals surface area contributed by atoms with Crippen LogP contribution in [0.5, 0.6) is 0 Å². The Morgan fingerprint density at radius 3 is 2.36 bits per heavy atom. The van der Waals surface area contributed by atoms with Crippen LogP contribution in [0.25, 0.3) is 0 Å². The Balaban J connectivity index is 2.89. The van der Waals surface area contributed by atoms with Crippen molar-refractivity contribution in [2.45, 2.75) is 0 Å². The van der Waals surface area contributed by atoms with Crippen LogP contribution in [0.2, 0.25) is 0 Å². The van der Waals surface area contributed by atoms with Crippen LogP contribution in [0.15, 0.2) is 35.3 Å². The van der Waals surface area contributed by atoms with Crippen LogP contribution in [-0.2, 0) is 0 Å². The van der Waals surface area contributed by atoms with Gasteiger partial charge in [0, 0.05) is 5.16 Å². The maximum Gasteiger partial charge on any atom is 0.0736 e. The van der Waals surface area contributed by atoms with E-state index in [4.69, 9.17) is 21.4 Å². The third-order valence-corrected chi connectivity index (χ3v) is 1.64. The minimum Gasteiger partial charge on any atom is -0.198 e. The third-order valence-electron chi connectivity index (χ3n) is 1.000. The molecule has 0 amide bonds. The molecule has 0 heterocycles. The maximum atomic E-state index is 5.42. The van der Waals surface area contributed by atoms with Gasteiger partial charge in [-0.2, -0.15) is 4.99 Å². The van der Waals surface area contributed by atoms with Crippen LogP contribution >= 0.6 is 30.3 Å². The first-order valence-corrected chi connectivity index (χ1v) is 5.75. The van der Waals surface area contributed by atoms with Crippen molar-refractivity contribution in [1.29, 1.82) is 0 Å². The van der Waals surface area contributed by atoms with Gasteiger partial charge in [0.15, 0.2) is 0 Å². The van der Waals surface area contributed by atoms with Crippen LogP contribution in [0.4, 0.5) is 5.69 Å². The summed E-state index contributed by atoms with van der Waals surface area (Å²) in [6.07, 6.45) is 0. The standard InChI is InChI=1S/C7H5Cl2NS/c8-11(9)6-10-7-4-2-1-3-5-7/h1-5H. The molecule has 0 atom stereocenters. The highest BCUT2D eigenvalue weighted by Crippen LogP contribution is 2.22. The van der Waals surface area contributed by atoms with Crippen molar-refractivity contribution in [2.75, 3.05) is 0 Å². The molecule has 11 heavy (non-hydrogen) atoms. The Morgan fingerprint density at radius 1 is 1.18 bits per heavy atom. The first-order valence-electron chi connectivity index (χ1n) is 2.87. The summed E-state index contributed by atoms with van der Waals surface area (Å²) in [6, 6.07) is 9.41. The molecule has 0 aromatic heterocycles. The van der Waals surface area contributed by atoms with Crippen molar-refractivity contribution in [3.8, 4) is 0 Å². The Morgan fingerprint density at radius 2 is 1.82 bits per heavy atom. The largest absolute Gasteiger partial charge is 0.198 e. The van der Waals surface area contributed by atoms with E-state index >= 15 is 0 Å². The summed E-state index contributed by atoms with van der Waals surface area (Å²) in [4.78, 5) is 3.90. The second-order valence-electron chi connectivity index (χ2n) is 1.75. The molecule has 1 nitrogen and oxygen atoms in total. The van der Waals surface area contributed by atoms with E-state index in [-0.39, 0.29) is 0 Å². The predicted octanol–water partition coefficient (Wildman–Crippen LogP) is 3.80. The van der Waals surface area contributed by atoms with E-state index in [9.17, 15) is 0 Å². The Hall–Kier alpha value is -0.270. The molecule has 0 saturated heterocycles. The minimum absolute atomic E-state index is 0.811. The lowest BCUT2D eigenvalue weighted by Gasteiger charge is -1.85. The minimum atomic E-state index is -0.888. The predicted molar refractivity (Wildman–Crippen MR) is 52.8 cm³/mol. The normalized spacial score (nSPS) is 9.36. The molecule has 0 bridgehead atoms. The van der Waals surface area contributed by atoms with Gasteiger partial charge in [0.1, 0.15) is 0 Å². The second-order valence-corrected chi connectivity index (χ2v) is 4.68. The van der Waals surface area contributed by atoms with Gasteiger partial charge < -0.3 is 0 Å². The third kappa shape index (κ3) is 3.59. The van der Waals surface area contributed by atoms with E-state index in [0.717, 1.165) is 5.69 Å². The van der Waals surface area contributed by atoms with E-state index in [2.05, 4.69) is 10.2 Å². The van der Waals surface area contributed by atoms with Gasteiger partial charge in [-0.25, -0.2) is 0 Å². The molecule has 0 unspecified atom stereocenters. The zero-order valence-electron chi connectivity index (χ0n) is 5.50. The lowest BCUT2D eigenvalue weighted by atomic mass is 10.3. The van der Waals surface area contributed by atoms with Crippen molar-refractivity contribution in [2.24, 2.45) is 4.99 Å². The van der Waals surface area contributed by atoms with Gasteiger partial charge in [-0.1, -0.05) is 18.2 Å². The first-order chi connectivity index (χ1) is 5.29. The maximum absolute atomic E-state index is 5.42. The number of rotatable bonds is 1. The SMILES string of the molecule is ClS(Cl)=C=Nc1ccccc1. The fourth-order valence-corrected chi connectivity index (χ4v) is 0.971. The average Bonchev–Trinajstić information content (AvgIpc) is 2.03. The summed E-state index contributed by atoms with van der Waals surface area (Å²) in [5.41, 5.74) is 0.811. The molecule has 0 saturated carbocycles. The van der Waals surface area contributed by atoms with Crippen molar-refractivity contribution < 1.29 is 0 Å². The zero-order valence-corrected chi connectivity index (χ0v) is 7.83. The molecule has 0 N–H and O–H groups in total. The van der Waals surface area contributed by atoms with Crippen LogP contribution in [-0.4, -0.2) is 5.16 Å². The van der Waals surface area contributed by atoms with Gasteiger partial charge in [0.25, 0.3) is 0 Å². The van der Waals surface area contributed by atoms with Crippen molar-refractivity contribution in [3.63, 3.8) is 0 Å². The van der Waals surface area contributed by atoms with Gasteiger partial charge in [0.2, 0.25) is 0 Å².